The lowest BCUT2D eigenvalue weighted by atomic mass is 9.81. The van der Waals surface area contributed by atoms with E-state index in [0.717, 1.165) is 49.1 Å². The Morgan fingerprint density at radius 3 is 2.43 bits per heavy atom. The molecule has 1 fully saturated rings. The molecule has 2 aliphatic rings. The second-order valence-electron chi connectivity index (χ2n) is 9.23. The van der Waals surface area contributed by atoms with Crippen LogP contribution < -0.4 is 5.32 Å². The van der Waals surface area contributed by atoms with Crippen LogP contribution in [0.2, 0.25) is 0 Å². The van der Waals surface area contributed by atoms with Crippen LogP contribution in [0.25, 0.3) is 0 Å². The van der Waals surface area contributed by atoms with Crippen molar-refractivity contribution >= 4 is 11.8 Å². The molecule has 2 aromatic carbocycles. The van der Waals surface area contributed by atoms with Gasteiger partial charge in [0.05, 0.1) is 0 Å². The van der Waals surface area contributed by atoms with Crippen molar-refractivity contribution in [2.24, 2.45) is 5.92 Å². The van der Waals surface area contributed by atoms with Crippen LogP contribution in [0.15, 0.2) is 54.6 Å². The monoisotopic (exact) mass is 404 g/mol. The first-order valence-corrected chi connectivity index (χ1v) is 11.2. The van der Waals surface area contributed by atoms with E-state index in [9.17, 15) is 9.59 Å². The number of benzene rings is 2. The van der Waals surface area contributed by atoms with E-state index in [1.807, 2.05) is 54.3 Å². The van der Waals surface area contributed by atoms with E-state index in [-0.39, 0.29) is 17.9 Å². The van der Waals surface area contributed by atoms with E-state index in [1.165, 1.54) is 5.56 Å². The van der Waals surface area contributed by atoms with Crippen LogP contribution in [0.1, 0.15) is 61.0 Å². The quantitative estimate of drug-likeness (QED) is 0.804. The van der Waals surface area contributed by atoms with Gasteiger partial charge in [0.15, 0.2) is 0 Å². The van der Waals surface area contributed by atoms with Crippen LogP contribution in [-0.2, 0) is 17.6 Å². The molecule has 1 aliphatic carbocycles. The van der Waals surface area contributed by atoms with Crippen LogP contribution in [0, 0.1) is 5.92 Å². The largest absolute Gasteiger partial charge is 0.351 e. The lowest BCUT2D eigenvalue weighted by molar-refractivity contribution is -0.132. The Morgan fingerprint density at radius 2 is 1.70 bits per heavy atom. The summed E-state index contributed by atoms with van der Waals surface area (Å²) in [6.07, 6.45) is 5.65. The highest BCUT2D eigenvalue weighted by Gasteiger charge is 2.47. The molecule has 1 saturated carbocycles. The van der Waals surface area contributed by atoms with Gasteiger partial charge in [-0.05, 0) is 62.1 Å². The Hall–Kier alpha value is -2.62. The summed E-state index contributed by atoms with van der Waals surface area (Å²) in [5.74, 6) is 0.680. The second-order valence-corrected chi connectivity index (χ2v) is 9.23. The molecule has 0 radical (unpaired) electrons. The van der Waals surface area contributed by atoms with Gasteiger partial charge in [-0.2, -0.15) is 0 Å². The molecule has 2 amide bonds. The fourth-order valence-electron chi connectivity index (χ4n) is 4.90. The maximum atomic E-state index is 13.5. The summed E-state index contributed by atoms with van der Waals surface area (Å²) in [6, 6.07) is 18.1. The van der Waals surface area contributed by atoms with Crippen molar-refractivity contribution in [1.82, 2.24) is 10.2 Å². The highest BCUT2D eigenvalue weighted by Crippen LogP contribution is 2.32. The predicted octanol–water partition coefficient (Wildman–Crippen LogP) is 4.38. The molecular formula is C26H32N2O2. The zero-order valence-corrected chi connectivity index (χ0v) is 18.1. The molecule has 158 valence electrons. The molecule has 0 bridgehead atoms. The summed E-state index contributed by atoms with van der Waals surface area (Å²) >= 11 is 0. The fourth-order valence-corrected chi connectivity index (χ4v) is 4.90. The molecule has 0 saturated heterocycles. The Morgan fingerprint density at radius 1 is 1.03 bits per heavy atom. The van der Waals surface area contributed by atoms with Crippen molar-refractivity contribution in [1.29, 1.82) is 0 Å². The third kappa shape index (κ3) is 4.14. The van der Waals surface area contributed by atoms with Crippen LogP contribution in [-0.4, -0.2) is 34.8 Å². The number of nitrogens with one attached hydrogen (secondary N) is 1. The van der Waals surface area contributed by atoms with Crippen LogP contribution in [0.3, 0.4) is 0 Å². The Balaban J connectivity index is 1.58. The Labute approximate surface area is 179 Å². The lowest BCUT2D eigenvalue weighted by Gasteiger charge is -2.45. The maximum absolute atomic E-state index is 13.5. The van der Waals surface area contributed by atoms with Crippen LogP contribution >= 0.6 is 0 Å². The number of rotatable bonds is 5. The van der Waals surface area contributed by atoms with Crippen LogP contribution in [0.5, 0.6) is 0 Å². The third-order valence-corrected chi connectivity index (χ3v) is 6.93. The van der Waals surface area contributed by atoms with Crippen molar-refractivity contribution in [3.05, 3.63) is 71.3 Å². The lowest BCUT2D eigenvalue weighted by Crippen LogP contribution is -2.64. The molecule has 0 spiro atoms. The van der Waals surface area contributed by atoms with E-state index in [2.05, 4.69) is 24.4 Å². The number of carbonyl (C=O) groups excluding carboxylic acids is 2. The smallest absolute Gasteiger partial charge is 0.255 e. The summed E-state index contributed by atoms with van der Waals surface area (Å²) in [5.41, 5.74) is 1.99. The van der Waals surface area contributed by atoms with E-state index in [0.29, 0.717) is 13.0 Å². The molecule has 4 heteroatoms. The van der Waals surface area contributed by atoms with E-state index >= 15 is 0 Å². The zero-order valence-electron chi connectivity index (χ0n) is 18.1. The van der Waals surface area contributed by atoms with Gasteiger partial charge in [-0.25, -0.2) is 0 Å². The van der Waals surface area contributed by atoms with Gasteiger partial charge < -0.3 is 10.2 Å². The average molecular weight is 405 g/mol. The predicted molar refractivity (Wildman–Crippen MR) is 119 cm³/mol. The van der Waals surface area contributed by atoms with Gasteiger partial charge in [0, 0.05) is 24.6 Å². The van der Waals surface area contributed by atoms with Gasteiger partial charge in [-0.3, -0.25) is 9.59 Å². The number of carbonyl (C=O) groups is 2. The van der Waals surface area contributed by atoms with Crippen molar-refractivity contribution in [3.8, 4) is 0 Å². The number of hydrogen-bond donors (Lipinski definition) is 1. The van der Waals surface area contributed by atoms with Gasteiger partial charge in [-0.15, -0.1) is 0 Å². The molecule has 0 unspecified atom stereocenters. The number of nitrogens with zero attached hydrogens (tertiary/aromatic N) is 1. The standard InChI is InChI=1S/C26H32N2O2/c1-19-12-14-22(15-13-19)27-25(30)26(2)18-21-10-6-7-11-23(21)24(29)28(26)17-16-20-8-4-3-5-9-20/h3-11,19,22H,12-18H2,1-2H3,(H,27,30)/t19?,22?,26-/m0/s1. The van der Waals surface area contributed by atoms with Crippen molar-refractivity contribution < 1.29 is 9.59 Å². The van der Waals surface area contributed by atoms with Crippen molar-refractivity contribution in [3.63, 3.8) is 0 Å². The first-order chi connectivity index (χ1) is 14.5. The zero-order chi connectivity index (χ0) is 21.1. The molecule has 2 aromatic rings. The fraction of sp³-hybridized carbons (Fsp3) is 0.462. The molecule has 1 aliphatic heterocycles. The van der Waals surface area contributed by atoms with Gasteiger partial charge in [0.25, 0.3) is 5.91 Å². The molecular weight excluding hydrogens is 372 g/mol. The van der Waals surface area contributed by atoms with Crippen LogP contribution in [0.4, 0.5) is 0 Å². The second kappa shape index (κ2) is 8.63. The number of hydrogen-bond acceptors (Lipinski definition) is 2. The highest BCUT2D eigenvalue weighted by atomic mass is 16.2. The normalized spacial score (nSPS) is 26.2. The third-order valence-electron chi connectivity index (χ3n) is 6.93. The highest BCUT2D eigenvalue weighted by molar-refractivity contribution is 6.02. The molecule has 4 nitrogen and oxygen atoms in total. The summed E-state index contributed by atoms with van der Waals surface area (Å²) in [5, 5.41) is 3.30. The van der Waals surface area contributed by atoms with E-state index < -0.39 is 5.54 Å². The Kier molecular flexibility index (Phi) is 5.94. The average Bonchev–Trinajstić information content (AvgIpc) is 2.76. The topological polar surface area (TPSA) is 49.4 Å². The molecule has 4 rings (SSSR count). The molecule has 30 heavy (non-hydrogen) atoms. The van der Waals surface area contributed by atoms with Gasteiger partial charge in [-0.1, -0.05) is 55.5 Å². The number of fused-ring (bicyclic) bond motifs is 1. The first-order valence-electron chi connectivity index (χ1n) is 11.2. The summed E-state index contributed by atoms with van der Waals surface area (Å²) in [7, 11) is 0. The van der Waals surface area contributed by atoms with Gasteiger partial charge in [0.2, 0.25) is 5.91 Å². The minimum absolute atomic E-state index is 0.0158. The van der Waals surface area contributed by atoms with E-state index in [4.69, 9.17) is 0 Å². The molecule has 1 heterocycles. The SMILES string of the molecule is CC1CCC(NC(=O)[C@]2(C)Cc3ccccc3C(=O)N2CCc2ccccc2)CC1. The Bertz CT molecular complexity index is 902. The molecule has 1 N–H and O–H groups in total. The maximum Gasteiger partial charge on any atom is 0.255 e. The van der Waals surface area contributed by atoms with Crippen molar-refractivity contribution in [2.75, 3.05) is 6.54 Å². The minimum Gasteiger partial charge on any atom is -0.351 e. The van der Waals surface area contributed by atoms with Gasteiger partial charge in [0.1, 0.15) is 5.54 Å². The van der Waals surface area contributed by atoms with E-state index in [1.54, 1.807) is 0 Å². The summed E-state index contributed by atoms with van der Waals surface area (Å²) in [6.45, 7) is 4.75. The first kappa shape index (κ1) is 20.6. The minimum atomic E-state index is -0.872. The summed E-state index contributed by atoms with van der Waals surface area (Å²) in [4.78, 5) is 28.8. The number of amides is 2. The summed E-state index contributed by atoms with van der Waals surface area (Å²) < 4.78 is 0. The molecule has 0 aromatic heterocycles. The van der Waals surface area contributed by atoms with Crippen molar-refractivity contribution in [2.45, 2.75) is 64.0 Å². The van der Waals surface area contributed by atoms with Gasteiger partial charge >= 0.3 is 0 Å². The molecule has 1 atom stereocenters.